The topological polar surface area (TPSA) is 45.6 Å². The van der Waals surface area contributed by atoms with Gasteiger partial charge in [-0.3, -0.25) is 4.99 Å². The van der Waals surface area contributed by atoms with E-state index in [0.29, 0.717) is 6.61 Å². The van der Waals surface area contributed by atoms with E-state index in [1.807, 2.05) is 19.1 Å². The highest BCUT2D eigenvalue weighted by Crippen LogP contribution is 2.11. The summed E-state index contributed by atoms with van der Waals surface area (Å²) in [6.45, 7) is 5.41. The van der Waals surface area contributed by atoms with Gasteiger partial charge in [-0.1, -0.05) is 12.1 Å². The molecule has 1 heterocycles. The van der Waals surface area contributed by atoms with Gasteiger partial charge in [0.05, 0.1) is 6.61 Å². The summed E-state index contributed by atoms with van der Waals surface area (Å²) >= 11 is 0. The lowest BCUT2D eigenvalue weighted by molar-refractivity contribution is 0.340. The van der Waals surface area contributed by atoms with E-state index in [-0.39, 0.29) is 0 Å². The number of nitrogens with one attached hydrogen (secondary N) is 2. The molecule has 17 heavy (non-hydrogen) atoms. The Labute approximate surface area is 102 Å². The lowest BCUT2D eigenvalue weighted by Crippen LogP contribution is -2.40. The van der Waals surface area contributed by atoms with Gasteiger partial charge in [0.2, 0.25) is 0 Å². The molecule has 92 valence electrons. The summed E-state index contributed by atoms with van der Waals surface area (Å²) < 4.78 is 5.40. The fourth-order valence-corrected chi connectivity index (χ4v) is 1.71. The third-order valence-electron chi connectivity index (χ3n) is 2.59. The Kier molecular flexibility index (Phi) is 4.24. The van der Waals surface area contributed by atoms with Gasteiger partial charge in [0.1, 0.15) is 5.75 Å². The van der Waals surface area contributed by atoms with Crippen LogP contribution in [0.1, 0.15) is 18.9 Å². The largest absolute Gasteiger partial charge is 0.494 e. The third-order valence-corrected chi connectivity index (χ3v) is 2.59. The molecule has 4 heteroatoms. The quantitative estimate of drug-likeness (QED) is 0.829. The van der Waals surface area contributed by atoms with Gasteiger partial charge >= 0.3 is 0 Å². The first kappa shape index (κ1) is 11.8. The zero-order valence-electron chi connectivity index (χ0n) is 10.2. The average molecular weight is 233 g/mol. The van der Waals surface area contributed by atoms with E-state index < -0.39 is 0 Å². The zero-order chi connectivity index (χ0) is 11.9. The van der Waals surface area contributed by atoms with Crippen molar-refractivity contribution < 1.29 is 4.74 Å². The van der Waals surface area contributed by atoms with E-state index in [4.69, 9.17) is 4.74 Å². The van der Waals surface area contributed by atoms with Gasteiger partial charge < -0.3 is 15.4 Å². The molecule has 0 fully saturated rings. The molecule has 0 radical (unpaired) electrons. The molecule has 0 atom stereocenters. The maximum absolute atomic E-state index is 5.40. The van der Waals surface area contributed by atoms with Crippen LogP contribution in [0.4, 0.5) is 0 Å². The summed E-state index contributed by atoms with van der Waals surface area (Å²) in [6, 6.07) is 8.13. The molecule has 2 rings (SSSR count). The number of hydrogen-bond donors (Lipinski definition) is 2. The normalized spacial score (nSPS) is 14.8. The second-order valence-electron chi connectivity index (χ2n) is 3.94. The third kappa shape index (κ3) is 3.66. The van der Waals surface area contributed by atoms with Crippen molar-refractivity contribution >= 4 is 5.96 Å². The van der Waals surface area contributed by atoms with Crippen LogP contribution in [-0.4, -0.2) is 25.7 Å². The first-order valence-electron chi connectivity index (χ1n) is 6.12. The molecule has 0 saturated heterocycles. The van der Waals surface area contributed by atoms with Crippen LogP contribution >= 0.6 is 0 Å². The second-order valence-corrected chi connectivity index (χ2v) is 3.94. The molecule has 1 aliphatic heterocycles. The Morgan fingerprint density at radius 2 is 2.18 bits per heavy atom. The SMILES string of the molecule is CCOc1ccc(CNC2=NCCCN2)cc1. The molecule has 4 nitrogen and oxygen atoms in total. The van der Waals surface area contributed by atoms with Crippen LogP contribution in [0, 0.1) is 0 Å². The van der Waals surface area contributed by atoms with Crippen LogP contribution in [0.15, 0.2) is 29.3 Å². The van der Waals surface area contributed by atoms with Gasteiger partial charge in [-0.2, -0.15) is 0 Å². The van der Waals surface area contributed by atoms with Crippen molar-refractivity contribution in [3.8, 4) is 5.75 Å². The summed E-state index contributed by atoms with van der Waals surface area (Å²) in [6.07, 6.45) is 1.12. The standard InChI is InChI=1S/C13H19N3O/c1-2-17-12-6-4-11(5-7-12)10-16-13-14-8-3-9-15-13/h4-7H,2-3,8-10H2,1H3,(H2,14,15,16). The van der Waals surface area contributed by atoms with Crippen LogP contribution in [0.25, 0.3) is 0 Å². The lowest BCUT2D eigenvalue weighted by Gasteiger charge is -2.16. The van der Waals surface area contributed by atoms with E-state index >= 15 is 0 Å². The molecule has 2 N–H and O–H groups in total. The summed E-state index contributed by atoms with van der Waals surface area (Å²) in [7, 11) is 0. The molecule has 0 aromatic heterocycles. The lowest BCUT2D eigenvalue weighted by atomic mass is 10.2. The number of ether oxygens (including phenoxy) is 1. The number of rotatable bonds is 4. The first-order valence-corrected chi connectivity index (χ1v) is 6.12. The van der Waals surface area contributed by atoms with Crippen molar-refractivity contribution in [3.63, 3.8) is 0 Å². The minimum absolute atomic E-state index is 0.707. The number of guanidine groups is 1. The highest BCUT2D eigenvalue weighted by molar-refractivity contribution is 5.80. The number of hydrogen-bond acceptors (Lipinski definition) is 4. The predicted octanol–water partition coefficient (Wildman–Crippen LogP) is 1.52. The van der Waals surface area contributed by atoms with Crippen molar-refractivity contribution in [1.29, 1.82) is 0 Å². The van der Waals surface area contributed by atoms with E-state index in [0.717, 1.165) is 37.8 Å². The van der Waals surface area contributed by atoms with Gasteiger partial charge in [-0.05, 0) is 31.0 Å². The summed E-state index contributed by atoms with van der Waals surface area (Å²) in [4.78, 5) is 4.36. The Hall–Kier alpha value is -1.71. The Bertz CT molecular complexity index is 373. The molecule has 0 aliphatic carbocycles. The molecule has 0 unspecified atom stereocenters. The highest BCUT2D eigenvalue weighted by Gasteiger charge is 2.02. The van der Waals surface area contributed by atoms with Crippen molar-refractivity contribution in [3.05, 3.63) is 29.8 Å². The summed E-state index contributed by atoms with van der Waals surface area (Å²) in [5, 5.41) is 6.52. The van der Waals surface area contributed by atoms with Crippen LogP contribution < -0.4 is 15.4 Å². The van der Waals surface area contributed by atoms with Crippen molar-refractivity contribution in [1.82, 2.24) is 10.6 Å². The molecule has 0 bridgehead atoms. The predicted molar refractivity (Wildman–Crippen MR) is 69.4 cm³/mol. The van der Waals surface area contributed by atoms with E-state index in [9.17, 15) is 0 Å². The van der Waals surface area contributed by atoms with Crippen molar-refractivity contribution in [2.75, 3.05) is 19.7 Å². The smallest absolute Gasteiger partial charge is 0.191 e. The average Bonchev–Trinajstić information content (AvgIpc) is 2.40. The van der Waals surface area contributed by atoms with Crippen LogP contribution in [-0.2, 0) is 6.54 Å². The first-order chi connectivity index (χ1) is 8.38. The Morgan fingerprint density at radius 3 is 2.82 bits per heavy atom. The number of aliphatic imine (C=N–C) groups is 1. The fourth-order valence-electron chi connectivity index (χ4n) is 1.71. The van der Waals surface area contributed by atoms with Crippen molar-refractivity contribution in [2.24, 2.45) is 4.99 Å². The number of benzene rings is 1. The van der Waals surface area contributed by atoms with Gasteiger partial charge in [0.25, 0.3) is 0 Å². The Morgan fingerprint density at radius 1 is 1.35 bits per heavy atom. The maximum Gasteiger partial charge on any atom is 0.191 e. The summed E-state index contributed by atoms with van der Waals surface area (Å²) in [5.41, 5.74) is 1.23. The van der Waals surface area contributed by atoms with Gasteiger partial charge in [0.15, 0.2) is 5.96 Å². The monoisotopic (exact) mass is 233 g/mol. The zero-order valence-corrected chi connectivity index (χ0v) is 10.2. The van der Waals surface area contributed by atoms with Crippen LogP contribution in [0.2, 0.25) is 0 Å². The van der Waals surface area contributed by atoms with E-state index in [2.05, 4.69) is 27.8 Å². The van der Waals surface area contributed by atoms with Gasteiger partial charge in [-0.25, -0.2) is 0 Å². The fraction of sp³-hybridized carbons (Fsp3) is 0.462. The van der Waals surface area contributed by atoms with Crippen molar-refractivity contribution in [2.45, 2.75) is 19.9 Å². The maximum atomic E-state index is 5.40. The van der Waals surface area contributed by atoms with E-state index in [1.54, 1.807) is 0 Å². The molecule has 1 aromatic carbocycles. The molecule has 1 aliphatic rings. The van der Waals surface area contributed by atoms with Crippen LogP contribution in [0.3, 0.4) is 0 Å². The number of nitrogens with zero attached hydrogens (tertiary/aromatic N) is 1. The molecule has 0 spiro atoms. The van der Waals surface area contributed by atoms with Gasteiger partial charge in [-0.15, -0.1) is 0 Å². The summed E-state index contributed by atoms with van der Waals surface area (Å²) in [5.74, 6) is 1.83. The van der Waals surface area contributed by atoms with Gasteiger partial charge in [0, 0.05) is 19.6 Å². The molecule has 0 saturated carbocycles. The molecule has 0 amide bonds. The Balaban J connectivity index is 1.84. The second kappa shape index (κ2) is 6.13. The minimum Gasteiger partial charge on any atom is -0.494 e. The minimum atomic E-state index is 0.707. The van der Waals surface area contributed by atoms with Crippen LogP contribution in [0.5, 0.6) is 5.75 Å². The highest BCUT2D eigenvalue weighted by atomic mass is 16.5. The molecular weight excluding hydrogens is 214 g/mol. The molecular formula is C13H19N3O. The molecule has 1 aromatic rings. The van der Waals surface area contributed by atoms with E-state index in [1.165, 1.54) is 5.56 Å².